The SMILES string of the molecule is Cc1occc1SCc1ccccc1CC(=O)NN. The molecule has 0 unspecified atom stereocenters. The molecule has 0 radical (unpaired) electrons. The summed E-state index contributed by atoms with van der Waals surface area (Å²) in [5.41, 5.74) is 4.29. The van der Waals surface area contributed by atoms with Gasteiger partial charge in [-0.25, -0.2) is 5.84 Å². The van der Waals surface area contributed by atoms with Crippen LogP contribution in [0.5, 0.6) is 0 Å². The average Bonchev–Trinajstić information content (AvgIpc) is 2.83. The lowest BCUT2D eigenvalue weighted by atomic mass is 10.1. The molecule has 4 nitrogen and oxygen atoms in total. The number of benzene rings is 1. The van der Waals surface area contributed by atoms with Crippen LogP contribution in [0.2, 0.25) is 0 Å². The highest BCUT2D eigenvalue weighted by Gasteiger charge is 2.08. The van der Waals surface area contributed by atoms with E-state index in [4.69, 9.17) is 10.3 Å². The van der Waals surface area contributed by atoms with E-state index in [-0.39, 0.29) is 5.91 Å². The van der Waals surface area contributed by atoms with E-state index < -0.39 is 0 Å². The van der Waals surface area contributed by atoms with Gasteiger partial charge in [0.25, 0.3) is 0 Å². The number of furan rings is 1. The van der Waals surface area contributed by atoms with Gasteiger partial charge in [0, 0.05) is 10.6 Å². The van der Waals surface area contributed by atoms with Crippen molar-refractivity contribution in [2.45, 2.75) is 24.0 Å². The van der Waals surface area contributed by atoms with Crippen molar-refractivity contribution >= 4 is 17.7 Å². The first-order valence-corrected chi connectivity index (χ1v) is 6.92. The molecule has 0 aliphatic rings. The van der Waals surface area contributed by atoms with E-state index in [1.807, 2.05) is 37.3 Å². The fourth-order valence-electron chi connectivity index (χ4n) is 1.77. The third-order valence-electron chi connectivity index (χ3n) is 2.82. The van der Waals surface area contributed by atoms with E-state index in [1.54, 1.807) is 18.0 Å². The molecule has 0 saturated heterocycles. The summed E-state index contributed by atoms with van der Waals surface area (Å²) in [6, 6.07) is 9.84. The van der Waals surface area contributed by atoms with Crippen molar-refractivity contribution in [3.63, 3.8) is 0 Å². The van der Waals surface area contributed by atoms with Crippen molar-refractivity contribution in [3.8, 4) is 0 Å². The Bertz CT molecular complexity index is 566. The van der Waals surface area contributed by atoms with Gasteiger partial charge in [-0.15, -0.1) is 11.8 Å². The Morgan fingerprint density at radius 1 is 1.32 bits per heavy atom. The predicted octanol–water partition coefficient (Wildman–Crippen LogP) is 2.41. The van der Waals surface area contributed by atoms with E-state index in [9.17, 15) is 4.79 Å². The molecule has 0 aliphatic carbocycles. The van der Waals surface area contributed by atoms with Gasteiger partial charge in [-0.3, -0.25) is 10.2 Å². The molecular weight excluding hydrogens is 260 g/mol. The molecule has 19 heavy (non-hydrogen) atoms. The van der Waals surface area contributed by atoms with Crippen LogP contribution in [0, 0.1) is 6.92 Å². The van der Waals surface area contributed by atoms with Gasteiger partial charge in [0.1, 0.15) is 5.76 Å². The minimum Gasteiger partial charge on any atom is -0.468 e. The lowest BCUT2D eigenvalue weighted by molar-refractivity contribution is -0.120. The fraction of sp³-hybridized carbons (Fsp3) is 0.214. The molecule has 2 rings (SSSR count). The van der Waals surface area contributed by atoms with E-state index in [1.165, 1.54) is 0 Å². The largest absolute Gasteiger partial charge is 0.468 e. The average molecular weight is 276 g/mol. The topological polar surface area (TPSA) is 68.3 Å². The number of aryl methyl sites for hydroxylation is 1. The van der Waals surface area contributed by atoms with Gasteiger partial charge in [0.15, 0.2) is 0 Å². The van der Waals surface area contributed by atoms with Crippen molar-refractivity contribution in [2.75, 3.05) is 0 Å². The molecule has 0 atom stereocenters. The number of carbonyl (C=O) groups excluding carboxylic acids is 1. The molecule has 100 valence electrons. The van der Waals surface area contributed by atoms with E-state index >= 15 is 0 Å². The van der Waals surface area contributed by atoms with Crippen molar-refractivity contribution in [3.05, 3.63) is 53.5 Å². The number of hydrogen-bond donors (Lipinski definition) is 2. The number of thioether (sulfide) groups is 1. The number of amides is 1. The van der Waals surface area contributed by atoms with E-state index in [0.29, 0.717) is 6.42 Å². The van der Waals surface area contributed by atoms with Gasteiger partial charge >= 0.3 is 0 Å². The van der Waals surface area contributed by atoms with E-state index in [0.717, 1.165) is 27.5 Å². The minimum absolute atomic E-state index is 0.183. The van der Waals surface area contributed by atoms with Crippen molar-refractivity contribution in [1.29, 1.82) is 0 Å². The summed E-state index contributed by atoms with van der Waals surface area (Å²) in [5.74, 6) is 6.66. The van der Waals surface area contributed by atoms with Crippen molar-refractivity contribution in [1.82, 2.24) is 5.43 Å². The molecule has 3 N–H and O–H groups in total. The highest BCUT2D eigenvalue weighted by molar-refractivity contribution is 7.98. The van der Waals surface area contributed by atoms with Gasteiger partial charge in [0.05, 0.1) is 12.7 Å². The maximum atomic E-state index is 11.4. The van der Waals surface area contributed by atoms with Crippen molar-refractivity contribution in [2.24, 2.45) is 5.84 Å². The molecule has 2 aromatic rings. The molecule has 1 aromatic carbocycles. The number of nitrogens with two attached hydrogens (primary N) is 1. The smallest absolute Gasteiger partial charge is 0.238 e. The summed E-state index contributed by atoms with van der Waals surface area (Å²) in [5, 5.41) is 0. The Hall–Kier alpha value is -1.72. The van der Waals surface area contributed by atoms with Gasteiger partial charge in [-0.1, -0.05) is 24.3 Å². The summed E-state index contributed by atoms with van der Waals surface area (Å²) < 4.78 is 5.26. The van der Waals surface area contributed by atoms with Crippen LogP contribution >= 0.6 is 11.8 Å². The molecule has 0 fully saturated rings. The predicted molar refractivity (Wildman–Crippen MR) is 75.5 cm³/mol. The maximum absolute atomic E-state index is 11.4. The number of rotatable bonds is 5. The number of carbonyl (C=O) groups is 1. The molecule has 1 aromatic heterocycles. The first-order chi connectivity index (χ1) is 9.20. The van der Waals surface area contributed by atoms with Crippen LogP contribution in [0.25, 0.3) is 0 Å². The van der Waals surface area contributed by atoms with Crippen LogP contribution in [-0.2, 0) is 17.0 Å². The van der Waals surface area contributed by atoms with Gasteiger partial charge in [-0.05, 0) is 24.1 Å². The highest BCUT2D eigenvalue weighted by atomic mass is 32.2. The lowest BCUT2D eigenvalue weighted by Crippen LogP contribution is -2.31. The molecule has 0 spiro atoms. The van der Waals surface area contributed by atoms with Crippen LogP contribution in [0.4, 0.5) is 0 Å². The van der Waals surface area contributed by atoms with Crippen LogP contribution in [0.1, 0.15) is 16.9 Å². The first kappa shape index (κ1) is 13.7. The Labute approximate surface area is 116 Å². The Balaban J connectivity index is 2.07. The zero-order valence-corrected chi connectivity index (χ0v) is 11.5. The Morgan fingerprint density at radius 2 is 2.05 bits per heavy atom. The number of nitrogens with one attached hydrogen (secondary N) is 1. The second-order valence-electron chi connectivity index (χ2n) is 4.14. The van der Waals surface area contributed by atoms with Gasteiger partial charge in [0.2, 0.25) is 5.91 Å². The quantitative estimate of drug-likeness (QED) is 0.381. The molecule has 0 bridgehead atoms. The molecule has 1 amide bonds. The maximum Gasteiger partial charge on any atom is 0.238 e. The van der Waals surface area contributed by atoms with Crippen LogP contribution < -0.4 is 11.3 Å². The van der Waals surface area contributed by atoms with Crippen molar-refractivity contribution < 1.29 is 9.21 Å². The highest BCUT2D eigenvalue weighted by Crippen LogP contribution is 2.27. The third kappa shape index (κ3) is 3.62. The van der Waals surface area contributed by atoms with Crippen LogP contribution in [0.15, 0.2) is 45.9 Å². The normalized spacial score (nSPS) is 10.4. The molecule has 1 heterocycles. The summed E-state index contributed by atoms with van der Waals surface area (Å²) in [6.07, 6.45) is 1.99. The second-order valence-corrected chi connectivity index (χ2v) is 5.16. The number of hydrazine groups is 1. The zero-order chi connectivity index (χ0) is 13.7. The van der Waals surface area contributed by atoms with Crippen LogP contribution in [-0.4, -0.2) is 5.91 Å². The van der Waals surface area contributed by atoms with Gasteiger partial charge in [-0.2, -0.15) is 0 Å². The Kier molecular flexibility index (Phi) is 4.65. The monoisotopic (exact) mass is 276 g/mol. The summed E-state index contributed by atoms with van der Waals surface area (Å²) in [7, 11) is 0. The zero-order valence-electron chi connectivity index (χ0n) is 10.7. The summed E-state index contributed by atoms with van der Waals surface area (Å²) in [4.78, 5) is 12.5. The summed E-state index contributed by atoms with van der Waals surface area (Å²) in [6.45, 7) is 1.94. The van der Waals surface area contributed by atoms with E-state index in [2.05, 4.69) is 5.43 Å². The molecule has 0 saturated carbocycles. The lowest BCUT2D eigenvalue weighted by Gasteiger charge is -2.08. The fourth-order valence-corrected chi connectivity index (χ4v) is 2.77. The molecule has 0 aliphatic heterocycles. The third-order valence-corrected chi connectivity index (χ3v) is 4.01. The van der Waals surface area contributed by atoms with Crippen LogP contribution in [0.3, 0.4) is 0 Å². The van der Waals surface area contributed by atoms with Gasteiger partial charge < -0.3 is 4.42 Å². The standard InChI is InChI=1S/C14H16N2O2S/c1-10-13(6-7-18-10)19-9-12-5-3-2-4-11(12)8-14(17)16-15/h2-7H,8-9,15H2,1H3,(H,16,17). The number of hydrogen-bond acceptors (Lipinski definition) is 4. The minimum atomic E-state index is -0.183. The second kappa shape index (κ2) is 6.45. The Morgan fingerprint density at radius 3 is 2.68 bits per heavy atom. The molecule has 5 heteroatoms. The first-order valence-electron chi connectivity index (χ1n) is 5.94. The summed E-state index contributed by atoms with van der Waals surface area (Å²) >= 11 is 1.70. The molecular formula is C14H16N2O2S.